The quantitative estimate of drug-likeness (QED) is 0.559. The standard InChI is InChI=1S/C21H22N2O5S/c1-21(2,3)28-20(25)23-19-22-17(16-9-6-10-27-16)18(29-19)15(24)12-13-7-5-8-14(11-13)26-4/h5-11H,12H2,1-4H3,(H,22,23,25). The smallest absolute Gasteiger partial charge is 0.413 e. The van der Waals surface area contributed by atoms with Gasteiger partial charge in [0.25, 0.3) is 0 Å². The van der Waals surface area contributed by atoms with E-state index in [-0.39, 0.29) is 17.3 Å². The SMILES string of the molecule is COc1cccc(CC(=O)c2sc(NC(=O)OC(C)(C)C)nc2-c2ccco2)c1. The molecule has 0 aliphatic heterocycles. The summed E-state index contributed by atoms with van der Waals surface area (Å²) in [5.41, 5.74) is 0.560. The van der Waals surface area contributed by atoms with Crippen LogP contribution in [-0.4, -0.2) is 29.6 Å². The molecule has 0 aliphatic rings. The van der Waals surface area contributed by atoms with Crippen LogP contribution in [0.15, 0.2) is 47.1 Å². The van der Waals surface area contributed by atoms with Crippen LogP contribution in [-0.2, 0) is 11.2 Å². The Balaban J connectivity index is 1.87. The van der Waals surface area contributed by atoms with Gasteiger partial charge in [0.15, 0.2) is 16.7 Å². The number of Topliss-reactive ketones (excluding diaryl/α,β-unsaturated/α-hetero) is 1. The summed E-state index contributed by atoms with van der Waals surface area (Å²) in [6.45, 7) is 5.31. The number of nitrogens with zero attached hydrogens (tertiary/aromatic N) is 1. The molecule has 0 aliphatic carbocycles. The molecule has 0 bridgehead atoms. The molecule has 0 spiro atoms. The maximum absolute atomic E-state index is 13.0. The topological polar surface area (TPSA) is 90.7 Å². The fourth-order valence-electron chi connectivity index (χ4n) is 2.58. The number of hydrogen-bond donors (Lipinski definition) is 1. The van der Waals surface area contributed by atoms with E-state index < -0.39 is 11.7 Å². The number of benzene rings is 1. The number of carbonyl (C=O) groups excluding carboxylic acids is 2. The Kier molecular flexibility index (Phi) is 6.03. The summed E-state index contributed by atoms with van der Waals surface area (Å²) >= 11 is 1.09. The minimum absolute atomic E-state index is 0.139. The molecule has 7 nitrogen and oxygen atoms in total. The first-order valence-corrected chi connectivity index (χ1v) is 9.77. The lowest BCUT2D eigenvalue weighted by molar-refractivity contribution is 0.0635. The number of thiazole rings is 1. The minimum atomic E-state index is -0.643. The number of ether oxygens (including phenoxy) is 2. The Morgan fingerprint density at radius 3 is 2.66 bits per heavy atom. The number of methoxy groups -OCH3 is 1. The molecule has 0 radical (unpaired) electrons. The summed E-state index contributed by atoms with van der Waals surface area (Å²) in [5, 5.41) is 2.85. The maximum Gasteiger partial charge on any atom is 0.413 e. The highest BCUT2D eigenvalue weighted by Crippen LogP contribution is 2.33. The third-order valence-corrected chi connectivity index (χ3v) is 4.75. The largest absolute Gasteiger partial charge is 0.497 e. The lowest BCUT2D eigenvalue weighted by Gasteiger charge is -2.18. The number of ketones is 1. The highest BCUT2D eigenvalue weighted by Gasteiger charge is 2.24. The second kappa shape index (κ2) is 8.48. The summed E-state index contributed by atoms with van der Waals surface area (Å²) < 4.78 is 15.9. The molecule has 152 valence electrons. The van der Waals surface area contributed by atoms with Crippen molar-refractivity contribution in [3.05, 3.63) is 53.1 Å². The number of rotatable bonds is 6. The first-order valence-electron chi connectivity index (χ1n) is 8.96. The van der Waals surface area contributed by atoms with Gasteiger partial charge in [0, 0.05) is 6.42 Å². The van der Waals surface area contributed by atoms with Gasteiger partial charge in [0.2, 0.25) is 0 Å². The van der Waals surface area contributed by atoms with Gasteiger partial charge in [-0.25, -0.2) is 9.78 Å². The van der Waals surface area contributed by atoms with Crippen LogP contribution in [0.2, 0.25) is 0 Å². The molecule has 2 heterocycles. The van der Waals surface area contributed by atoms with E-state index in [4.69, 9.17) is 13.9 Å². The van der Waals surface area contributed by atoms with Gasteiger partial charge in [-0.3, -0.25) is 10.1 Å². The van der Waals surface area contributed by atoms with Crippen molar-refractivity contribution < 1.29 is 23.5 Å². The van der Waals surface area contributed by atoms with Crippen LogP contribution >= 0.6 is 11.3 Å². The van der Waals surface area contributed by atoms with Crippen molar-refractivity contribution in [1.29, 1.82) is 0 Å². The second-order valence-electron chi connectivity index (χ2n) is 7.25. The Labute approximate surface area is 172 Å². The zero-order valence-corrected chi connectivity index (χ0v) is 17.5. The van der Waals surface area contributed by atoms with Gasteiger partial charge in [-0.05, 0) is 50.6 Å². The molecule has 2 aromatic heterocycles. The number of hydrogen-bond acceptors (Lipinski definition) is 7. The second-order valence-corrected chi connectivity index (χ2v) is 8.25. The zero-order chi connectivity index (χ0) is 21.0. The van der Waals surface area contributed by atoms with Crippen LogP contribution in [0.3, 0.4) is 0 Å². The summed E-state index contributed by atoms with van der Waals surface area (Å²) in [5.74, 6) is 0.991. The molecule has 0 saturated carbocycles. The van der Waals surface area contributed by atoms with Crippen molar-refractivity contribution in [2.24, 2.45) is 0 Å². The van der Waals surface area contributed by atoms with Gasteiger partial charge >= 0.3 is 6.09 Å². The van der Waals surface area contributed by atoms with E-state index in [1.54, 1.807) is 40.0 Å². The molecule has 29 heavy (non-hydrogen) atoms. The Morgan fingerprint density at radius 2 is 2.00 bits per heavy atom. The van der Waals surface area contributed by atoms with Crippen molar-refractivity contribution in [2.75, 3.05) is 12.4 Å². The number of anilines is 1. The molecule has 8 heteroatoms. The van der Waals surface area contributed by atoms with Crippen molar-refractivity contribution in [1.82, 2.24) is 4.98 Å². The Bertz CT molecular complexity index is 1000. The number of furan rings is 1. The molecule has 1 amide bonds. The molecule has 0 fully saturated rings. The lowest BCUT2D eigenvalue weighted by Crippen LogP contribution is -2.27. The van der Waals surface area contributed by atoms with Gasteiger partial charge < -0.3 is 13.9 Å². The predicted octanol–water partition coefficient (Wildman–Crippen LogP) is 5.18. The Hall–Kier alpha value is -3.13. The highest BCUT2D eigenvalue weighted by molar-refractivity contribution is 7.18. The van der Waals surface area contributed by atoms with E-state index >= 15 is 0 Å². The number of nitrogens with one attached hydrogen (secondary N) is 1. The third-order valence-electron chi connectivity index (χ3n) is 3.74. The first-order chi connectivity index (χ1) is 13.7. The lowest BCUT2D eigenvalue weighted by atomic mass is 10.1. The maximum atomic E-state index is 13.0. The van der Waals surface area contributed by atoms with Gasteiger partial charge in [0.1, 0.15) is 21.9 Å². The molecule has 0 atom stereocenters. The summed E-state index contributed by atoms with van der Waals surface area (Å²) in [4.78, 5) is 29.9. The van der Waals surface area contributed by atoms with Gasteiger partial charge in [-0.1, -0.05) is 23.5 Å². The van der Waals surface area contributed by atoms with Crippen LogP contribution in [0.25, 0.3) is 11.5 Å². The molecule has 0 unspecified atom stereocenters. The monoisotopic (exact) mass is 414 g/mol. The number of carbonyl (C=O) groups is 2. The van der Waals surface area contributed by atoms with E-state index in [2.05, 4.69) is 10.3 Å². The Morgan fingerprint density at radius 1 is 1.21 bits per heavy atom. The average Bonchev–Trinajstić information content (AvgIpc) is 3.29. The summed E-state index contributed by atoms with van der Waals surface area (Å²) in [7, 11) is 1.58. The van der Waals surface area contributed by atoms with Crippen LogP contribution in [0.4, 0.5) is 9.93 Å². The molecule has 1 N–H and O–H groups in total. The average molecular weight is 414 g/mol. The normalized spacial score (nSPS) is 11.2. The van der Waals surface area contributed by atoms with Crippen molar-refractivity contribution in [3.8, 4) is 17.2 Å². The van der Waals surface area contributed by atoms with Gasteiger partial charge in [0.05, 0.1) is 13.4 Å². The van der Waals surface area contributed by atoms with Gasteiger partial charge in [-0.2, -0.15) is 0 Å². The molecule has 3 rings (SSSR count). The van der Waals surface area contributed by atoms with E-state index in [0.717, 1.165) is 16.9 Å². The minimum Gasteiger partial charge on any atom is -0.497 e. The molecular formula is C21H22N2O5S. The summed E-state index contributed by atoms with van der Waals surface area (Å²) in [6.07, 6.45) is 1.04. The van der Waals surface area contributed by atoms with Crippen molar-refractivity contribution >= 4 is 28.3 Å². The van der Waals surface area contributed by atoms with Crippen LogP contribution in [0.1, 0.15) is 36.0 Å². The van der Waals surface area contributed by atoms with Crippen LogP contribution < -0.4 is 10.1 Å². The van der Waals surface area contributed by atoms with Gasteiger partial charge in [-0.15, -0.1) is 0 Å². The number of aromatic nitrogens is 1. The zero-order valence-electron chi connectivity index (χ0n) is 16.6. The fourth-order valence-corrected chi connectivity index (χ4v) is 3.48. The summed E-state index contributed by atoms with van der Waals surface area (Å²) in [6, 6.07) is 10.7. The molecule has 0 saturated heterocycles. The van der Waals surface area contributed by atoms with E-state index in [9.17, 15) is 9.59 Å². The number of amides is 1. The predicted molar refractivity (Wildman–Crippen MR) is 111 cm³/mol. The third kappa shape index (κ3) is 5.45. The van der Waals surface area contributed by atoms with E-state index in [1.807, 2.05) is 24.3 Å². The van der Waals surface area contributed by atoms with Crippen molar-refractivity contribution in [2.45, 2.75) is 32.8 Å². The van der Waals surface area contributed by atoms with E-state index in [1.165, 1.54) is 6.26 Å². The van der Waals surface area contributed by atoms with Crippen LogP contribution in [0.5, 0.6) is 5.75 Å². The van der Waals surface area contributed by atoms with Crippen LogP contribution in [0, 0.1) is 0 Å². The van der Waals surface area contributed by atoms with Crippen molar-refractivity contribution in [3.63, 3.8) is 0 Å². The highest BCUT2D eigenvalue weighted by atomic mass is 32.1. The molecule has 3 aromatic rings. The molecular weight excluding hydrogens is 392 g/mol. The van der Waals surface area contributed by atoms with E-state index in [0.29, 0.717) is 22.1 Å². The first kappa shape index (κ1) is 20.6. The molecule has 1 aromatic carbocycles. The fraction of sp³-hybridized carbons (Fsp3) is 0.286.